The van der Waals surface area contributed by atoms with Gasteiger partial charge in [0.1, 0.15) is 30.1 Å². The molecule has 1 amide bonds. The Morgan fingerprint density at radius 1 is 1.03 bits per heavy atom. The lowest BCUT2D eigenvalue weighted by molar-refractivity contribution is -0.172. The predicted octanol–water partition coefficient (Wildman–Crippen LogP) is 5.97. The molecule has 2 fully saturated rings. The minimum Gasteiger partial charge on any atom is -0.425 e. The van der Waals surface area contributed by atoms with Crippen molar-refractivity contribution in [1.29, 1.82) is 5.26 Å². The van der Waals surface area contributed by atoms with Crippen molar-refractivity contribution in [3.8, 4) is 6.07 Å². The average Bonchev–Trinajstić information content (AvgIpc) is 3.72. The number of ether oxygens (including phenoxy) is 5. The van der Waals surface area contributed by atoms with E-state index in [0.29, 0.717) is 30.8 Å². The molecule has 5 rings (SSSR count). The van der Waals surface area contributed by atoms with Gasteiger partial charge in [-0.25, -0.2) is 27.6 Å². The third kappa shape index (κ3) is 12.6. The quantitative estimate of drug-likeness (QED) is 0.0945. The van der Waals surface area contributed by atoms with Crippen molar-refractivity contribution in [3.05, 3.63) is 101 Å². The van der Waals surface area contributed by atoms with E-state index in [9.17, 15) is 23.2 Å². The summed E-state index contributed by atoms with van der Waals surface area (Å²) in [7, 11) is 4.00. The fraction of sp³-hybridized carbons (Fsp3) is 0.463. The van der Waals surface area contributed by atoms with Crippen LogP contribution in [0.4, 0.5) is 18.0 Å². The number of esters is 1. The summed E-state index contributed by atoms with van der Waals surface area (Å²) in [5.74, 6) is -3.34. The lowest BCUT2D eigenvalue weighted by atomic mass is 9.89. The van der Waals surface area contributed by atoms with E-state index in [1.165, 1.54) is 60.3 Å². The summed E-state index contributed by atoms with van der Waals surface area (Å²) < 4.78 is 73.9. The van der Waals surface area contributed by atoms with Crippen molar-refractivity contribution in [1.82, 2.24) is 24.6 Å². The summed E-state index contributed by atoms with van der Waals surface area (Å²) >= 11 is 1.25. The van der Waals surface area contributed by atoms with Gasteiger partial charge in [0.25, 0.3) is 0 Å². The Balaban J connectivity index is 1.22. The van der Waals surface area contributed by atoms with Crippen molar-refractivity contribution >= 4 is 35.9 Å². The SMILES string of the molecule is CC(OC(=O)CCC(=O)N1CCC(N(C)C)CC1)OC(=O)OC(Cn1cncn1)(c1ccc(F)cc1F)C(C)SC1COC(C=CC=Cc2ccc(C#N)cc2F)OC1. The van der Waals surface area contributed by atoms with Gasteiger partial charge >= 0.3 is 12.1 Å². The lowest BCUT2D eigenvalue weighted by Gasteiger charge is -2.40. The molecule has 316 valence electrons. The molecule has 18 heteroatoms. The summed E-state index contributed by atoms with van der Waals surface area (Å²) in [6, 6.07) is 9.30. The molecular weight excluding hydrogens is 794 g/mol. The Hall–Kier alpha value is -5.22. The number of aromatic nitrogens is 3. The highest BCUT2D eigenvalue weighted by molar-refractivity contribution is 8.00. The van der Waals surface area contributed by atoms with Crippen molar-refractivity contribution in [2.75, 3.05) is 40.4 Å². The summed E-state index contributed by atoms with van der Waals surface area (Å²) in [6.07, 6.45) is 6.83. The fourth-order valence-corrected chi connectivity index (χ4v) is 8.06. The highest BCUT2D eigenvalue weighted by atomic mass is 32.2. The Kier molecular flexibility index (Phi) is 16.1. The van der Waals surface area contributed by atoms with E-state index < -0.39 is 53.0 Å². The molecule has 0 aliphatic carbocycles. The zero-order chi connectivity index (χ0) is 42.5. The van der Waals surface area contributed by atoms with Gasteiger partial charge in [-0.15, -0.1) is 11.8 Å². The summed E-state index contributed by atoms with van der Waals surface area (Å²) in [5.41, 5.74) is -1.58. The summed E-state index contributed by atoms with van der Waals surface area (Å²) in [5, 5.41) is 11.9. The molecule has 1 aromatic heterocycles. The van der Waals surface area contributed by atoms with Crippen molar-refractivity contribution in [3.63, 3.8) is 0 Å². The van der Waals surface area contributed by atoms with Crippen LogP contribution in [-0.2, 0) is 45.4 Å². The molecule has 3 aromatic rings. The molecule has 0 radical (unpaired) electrons. The van der Waals surface area contributed by atoms with Gasteiger partial charge in [0, 0.05) is 54.9 Å². The van der Waals surface area contributed by atoms with Gasteiger partial charge in [0.05, 0.1) is 43.1 Å². The van der Waals surface area contributed by atoms with E-state index in [2.05, 4.69) is 15.0 Å². The molecule has 0 bridgehead atoms. The van der Waals surface area contributed by atoms with E-state index in [-0.39, 0.29) is 54.9 Å². The van der Waals surface area contributed by atoms with Crippen LogP contribution in [-0.4, -0.2) is 112 Å². The number of nitrogens with zero attached hydrogens (tertiary/aromatic N) is 6. The van der Waals surface area contributed by atoms with Gasteiger partial charge in [-0.05, 0) is 64.2 Å². The minimum absolute atomic E-state index is 0.0774. The van der Waals surface area contributed by atoms with E-state index in [4.69, 9.17) is 28.9 Å². The molecule has 2 aromatic carbocycles. The number of carbonyl (C=O) groups excluding carboxylic acids is 3. The second-order valence-electron chi connectivity index (χ2n) is 14.2. The van der Waals surface area contributed by atoms with Crippen molar-refractivity contribution < 1.29 is 51.2 Å². The molecule has 3 unspecified atom stereocenters. The summed E-state index contributed by atoms with van der Waals surface area (Å²) in [6.45, 7) is 4.20. The number of likely N-dealkylation sites (tertiary alicyclic amines) is 1. The first-order valence-corrected chi connectivity index (χ1v) is 19.9. The van der Waals surface area contributed by atoms with Gasteiger partial charge in [-0.3, -0.25) is 9.59 Å². The van der Waals surface area contributed by atoms with Crippen LogP contribution in [0.5, 0.6) is 0 Å². The molecule has 59 heavy (non-hydrogen) atoms. The number of allylic oxidation sites excluding steroid dienone is 2. The van der Waals surface area contributed by atoms with Gasteiger partial charge < -0.3 is 33.5 Å². The third-order valence-electron chi connectivity index (χ3n) is 9.90. The molecule has 2 saturated heterocycles. The van der Waals surface area contributed by atoms with Crippen LogP contribution >= 0.6 is 11.8 Å². The largest absolute Gasteiger partial charge is 0.512 e. The fourth-order valence-electron chi connectivity index (χ4n) is 6.70. The molecule has 0 saturated carbocycles. The van der Waals surface area contributed by atoms with Gasteiger partial charge in [-0.1, -0.05) is 24.3 Å². The lowest BCUT2D eigenvalue weighted by Crippen LogP contribution is -2.47. The average molecular weight is 841 g/mol. The third-order valence-corrected chi connectivity index (χ3v) is 11.3. The minimum atomic E-state index is -1.91. The maximum absolute atomic E-state index is 15.8. The van der Waals surface area contributed by atoms with Crippen LogP contribution in [0, 0.1) is 28.8 Å². The van der Waals surface area contributed by atoms with Crippen LogP contribution in [0.15, 0.2) is 67.3 Å². The number of rotatable bonds is 16. The maximum Gasteiger partial charge on any atom is 0.512 e. The molecule has 0 spiro atoms. The first kappa shape index (κ1) is 44.9. The number of carbonyl (C=O) groups is 3. The normalized spacial score (nSPS) is 19.6. The first-order chi connectivity index (χ1) is 28.3. The van der Waals surface area contributed by atoms with Crippen LogP contribution < -0.4 is 0 Å². The van der Waals surface area contributed by atoms with Gasteiger partial charge in [-0.2, -0.15) is 10.4 Å². The smallest absolute Gasteiger partial charge is 0.425 e. The van der Waals surface area contributed by atoms with Gasteiger partial charge in [0.2, 0.25) is 12.2 Å². The molecular formula is C41H47F3N6O8S. The number of hydrogen-bond donors (Lipinski definition) is 0. The Morgan fingerprint density at radius 2 is 1.78 bits per heavy atom. The molecule has 2 aliphatic heterocycles. The molecule has 14 nitrogen and oxygen atoms in total. The number of hydrogen-bond acceptors (Lipinski definition) is 13. The summed E-state index contributed by atoms with van der Waals surface area (Å²) in [4.78, 5) is 46.8. The predicted molar refractivity (Wildman–Crippen MR) is 210 cm³/mol. The second kappa shape index (κ2) is 21.2. The topological polar surface area (TPSA) is 158 Å². The number of halogens is 3. The zero-order valence-electron chi connectivity index (χ0n) is 33.2. The van der Waals surface area contributed by atoms with Gasteiger partial charge in [0.15, 0.2) is 11.9 Å². The van der Waals surface area contributed by atoms with Crippen LogP contribution in [0.3, 0.4) is 0 Å². The van der Waals surface area contributed by atoms with Crippen LogP contribution in [0.2, 0.25) is 0 Å². The number of nitriles is 1. The van der Waals surface area contributed by atoms with Crippen molar-refractivity contribution in [2.45, 2.75) is 80.8 Å². The Morgan fingerprint density at radius 3 is 2.42 bits per heavy atom. The molecule has 0 N–H and O–H groups in total. The highest BCUT2D eigenvalue weighted by Gasteiger charge is 2.47. The number of thioether (sulfide) groups is 1. The monoisotopic (exact) mass is 840 g/mol. The first-order valence-electron chi connectivity index (χ1n) is 19.0. The Bertz CT molecular complexity index is 2000. The standard InChI is InChI=1S/C41H47F3N6O8S/c1-27(59-33-22-54-39(55-23-33)8-6-5-7-30-10-9-29(21-45)19-35(30)43)41(24-50-26-46-25-47-50,34-12-11-31(42)20-36(34)44)58-40(53)57-28(2)56-38(52)14-13-37(51)49-17-15-32(16-18-49)48(3)4/h5-12,19-20,25-28,32-33,39H,13-18,22-24H2,1-4H3. The van der Waals surface area contributed by atoms with Crippen molar-refractivity contribution in [2.24, 2.45) is 0 Å². The second-order valence-corrected chi connectivity index (χ2v) is 15.9. The zero-order valence-corrected chi connectivity index (χ0v) is 34.0. The van der Waals surface area contributed by atoms with E-state index in [1.807, 2.05) is 20.2 Å². The molecule has 2 aliphatic rings. The maximum atomic E-state index is 15.8. The van der Waals surface area contributed by atoms with E-state index >= 15 is 4.39 Å². The number of amides is 1. The van der Waals surface area contributed by atoms with Crippen LogP contribution in [0.25, 0.3) is 6.08 Å². The van der Waals surface area contributed by atoms with E-state index in [0.717, 1.165) is 25.0 Å². The molecule has 3 atom stereocenters. The molecule has 3 heterocycles. The van der Waals surface area contributed by atoms with E-state index in [1.54, 1.807) is 30.1 Å². The van der Waals surface area contributed by atoms with Crippen LogP contribution in [0.1, 0.15) is 56.2 Å². The Labute approximate surface area is 344 Å². The number of benzene rings is 2. The highest BCUT2D eigenvalue weighted by Crippen LogP contribution is 2.42. The number of piperidine rings is 1.